The molecule has 0 heterocycles. The van der Waals surface area contributed by atoms with Gasteiger partial charge in [-0.25, -0.2) is 0 Å². The lowest BCUT2D eigenvalue weighted by Gasteiger charge is -2.25. The molecule has 0 saturated heterocycles. The van der Waals surface area contributed by atoms with Crippen LogP contribution < -0.4 is 10.2 Å². The van der Waals surface area contributed by atoms with Crippen LogP contribution in [0.4, 0.5) is 5.69 Å². The lowest BCUT2D eigenvalue weighted by molar-refractivity contribution is -0.122. The first-order chi connectivity index (χ1) is 9.90. The van der Waals surface area contributed by atoms with Crippen LogP contribution in [-0.2, 0) is 11.2 Å². The molecule has 1 amide bonds. The van der Waals surface area contributed by atoms with E-state index in [0.717, 1.165) is 17.7 Å². The van der Waals surface area contributed by atoms with Crippen LogP contribution in [0.3, 0.4) is 0 Å². The summed E-state index contributed by atoms with van der Waals surface area (Å²) < 4.78 is 0. The minimum absolute atomic E-state index is 0.00740. The van der Waals surface area contributed by atoms with Gasteiger partial charge in [-0.1, -0.05) is 26.0 Å². The molecule has 4 nitrogen and oxygen atoms in total. The Hall–Kier alpha value is -1.55. The van der Waals surface area contributed by atoms with Crippen molar-refractivity contribution in [3.63, 3.8) is 0 Å². The highest BCUT2D eigenvalue weighted by Gasteiger charge is 2.22. The molecule has 0 aliphatic rings. The number of aryl methyl sites for hydroxylation is 1. The van der Waals surface area contributed by atoms with Gasteiger partial charge in [-0.05, 0) is 37.0 Å². The molecule has 2 N–H and O–H groups in total. The topological polar surface area (TPSA) is 52.6 Å². The first kappa shape index (κ1) is 17.5. The van der Waals surface area contributed by atoms with Gasteiger partial charge in [0.25, 0.3) is 0 Å². The number of carbonyl (C=O) groups excluding carboxylic acids is 1. The normalized spacial score (nSPS) is 11.3. The Labute approximate surface area is 128 Å². The summed E-state index contributed by atoms with van der Waals surface area (Å²) >= 11 is 0. The van der Waals surface area contributed by atoms with E-state index in [2.05, 4.69) is 29.6 Å². The van der Waals surface area contributed by atoms with Gasteiger partial charge in [-0.3, -0.25) is 4.79 Å². The number of rotatable bonds is 8. The van der Waals surface area contributed by atoms with Gasteiger partial charge in [-0.15, -0.1) is 0 Å². The van der Waals surface area contributed by atoms with Crippen molar-refractivity contribution < 1.29 is 9.90 Å². The zero-order valence-electron chi connectivity index (χ0n) is 13.6. The number of aliphatic hydroxyl groups is 1. The molecule has 4 heteroatoms. The van der Waals surface area contributed by atoms with E-state index in [9.17, 15) is 9.90 Å². The maximum Gasteiger partial charge on any atom is 0.220 e. The van der Waals surface area contributed by atoms with E-state index in [1.54, 1.807) is 0 Å². The molecule has 21 heavy (non-hydrogen) atoms. The SMILES string of the molecule is CCC(O)(CC)CNC(=O)CCc1ccc(N(C)C)cc1. The fraction of sp³-hybridized carbons (Fsp3) is 0.588. The third kappa shape index (κ3) is 5.76. The predicted molar refractivity (Wildman–Crippen MR) is 87.6 cm³/mol. The van der Waals surface area contributed by atoms with Crippen LogP contribution in [0.5, 0.6) is 0 Å². The van der Waals surface area contributed by atoms with Gasteiger partial charge in [0, 0.05) is 32.7 Å². The summed E-state index contributed by atoms with van der Waals surface area (Å²) in [4.78, 5) is 13.9. The number of nitrogens with one attached hydrogen (secondary N) is 1. The summed E-state index contributed by atoms with van der Waals surface area (Å²) in [7, 11) is 4.01. The van der Waals surface area contributed by atoms with E-state index in [0.29, 0.717) is 25.8 Å². The molecule has 1 aromatic rings. The number of nitrogens with zero attached hydrogens (tertiary/aromatic N) is 1. The molecule has 0 bridgehead atoms. The van der Waals surface area contributed by atoms with Crippen molar-refractivity contribution in [2.24, 2.45) is 0 Å². The highest BCUT2D eigenvalue weighted by Crippen LogP contribution is 2.14. The van der Waals surface area contributed by atoms with Gasteiger partial charge >= 0.3 is 0 Å². The summed E-state index contributed by atoms with van der Waals surface area (Å²) in [5.74, 6) is -0.00740. The Morgan fingerprint density at radius 1 is 1.19 bits per heavy atom. The number of hydrogen-bond acceptors (Lipinski definition) is 3. The average Bonchev–Trinajstić information content (AvgIpc) is 2.51. The summed E-state index contributed by atoms with van der Waals surface area (Å²) in [6, 6.07) is 8.22. The monoisotopic (exact) mass is 292 g/mol. The summed E-state index contributed by atoms with van der Waals surface area (Å²) in [5.41, 5.74) is 1.53. The standard InChI is InChI=1S/C17H28N2O2/c1-5-17(21,6-2)13-18-16(20)12-9-14-7-10-15(11-8-14)19(3)4/h7-8,10-11,21H,5-6,9,12-13H2,1-4H3,(H,18,20). The van der Waals surface area contributed by atoms with E-state index in [1.807, 2.05) is 32.8 Å². The van der Waals surface area contributed by atoms with Crippen molar-refractivity contribution in [2.75, 3.05) is 25.5 Å². The molecule has 0 unspecified atom stereocenters. The summed E-state index contributed by atoms with van der Waals surface area (Å²) in [6.45, 7) is 4.20. The second kappa shape index (κ2) is 8.03. The number of amides is 1. The molecule has 0 spiro atoms. The van der Waals surface area contributed by atoms with Crippen molar-refractivity contribution in [3.8, 4) is 0 Å². The molecule has 0 aromatic heterocycles. The molecule has 0 radical (unpaired) electrons. The van der Waals surface area contributed by atoms with Crippen molar-refractivity contribution >= 4 is 11.6 Å². The highest BCUT2D eigenvalue weighted by molar-refractivity contribution is 5.76. The second-order valence-electron chi connectivity index (χ2n) is 5.77. The van der Waals surface area contributed by atoms with Crippen molar-refractivity contribution in [3.05, 3.63) is 29.8 Å². The van der Waals surface area contributed by atoms with E-state index in [4.69, 9.17) is 0 Å². The first-order valence-corrected chi connectivity index (χ1v) is 7.65. The molecule has 0 aliphatic carbocycles. The van der Waals surface area contributed by atoms with Gasteiger partial charge < -0.3 is 15.3 Å². The highest BCUT2D eigenvalue weighted by atomic mass is 16.3. The van der Waals surface area contributed by atoms with Gasteiger partial charge in [0.15, 0.2) is 0 Å². The quantitative estimate of drug-likeness (QED) is 0.773. The van der Waals surface area contributed by atoms with Crippen molar-refractivity contribution in [2.45, 2.75) is 45.1 Å². The number of carbonyl (C=O) groups is 1. The zero-order chi connectivity index (χ0) is 15.9. The van der Waals surface area contributed by atoms with E-state index in [-0.39, 0.29) is 5.91 Å². The smallest absolute Gasteiger partial charge is 0.220 e. The number of benzene rings is 1. The lowest BCUT2D eigenvalue weighted by Crippen LogP contribution is -2.42. The summed E-state index contributed by atoms with van der Waals surface area (Å²) in [6.07, 6.45) is 2.46. The Morgan fingerprint density at radius 3 is 2.24 bits per heavy atom. The molecule has 0 atom stereocenters. The average molecular weight is 292 g/mol. The molecule has 1 rings (SSSR count). The molecule has 0 aliphatic heterocycles. The Balaban J connectivity index is 2.39. The van der Waals surface area contributed by atoms with Gasteiger partial charge in [0.2, 0.25) is 5.91 Å². The summed E-state index contributed by atoms with van der Waals surface area (Å²) in [5, 5.41) is 13.0. The molecule has 1 aromatic carbocycles. The molecular formula is C17H28N2O2. The number of anilines is 1. The third-order valence-electron chi connectivity index (χ3n) is 4.02. The maximum absolute atomic E-state index is 11.8. The van der Waals surface area contributed by atoms with Crippen LogP contribution in [0.15, 0.2) is 24.3 Å². The first-order valence-electron chi connectivity index (χ1n) is 7.65. The minimum atomic E-state index is -0.775. The van der Waals surface area contributed by atoms with Gasteiger partial charge in [-0.2, -0.15) is 0 Å². The van der Waals surface area contributed by atoms with Crippen LogP contribution in [0.25, 0.3) is 0 Å². The fourth-order valence-corrected chi connectivity index (χ4v) is 2.07. The van der Waals surface area contributed by atoms with E-state index >= 15 is 0 Å². The molecule has 118 valence electrons. The van der Waals surface area contributed by atoms with E-state index in [1.165, 1.54) is 0 Å². The minimum Gasteiger partial charge on any atom is -0.388 e. The van der Waals surface area contributed by atoms with E-state index < -0.39 is 5.60 Å². The van der Waals surface area contributed by atoms with Gasteiger partial charge in [0.05, 0.1) is 5.60 Å². The third-order valence-corrected chi connectivity index (χ3v) is 4.02. The second-order valence-corrected chi connectivity index (χ2v) is 5.77. The van der Waals surface area contributed by atoms with Crippen molar-refractivity contribution in [1.82, 2.24) is 5.32 Å². The molecule has 0 saturated carbocycles. The van der Waals surface area contributed by atoms with Gasteiger partial charge in [0.1, 0.15) is 0 Å². The zero-order valence-corrected chi connectivity index (χ0v) is 13.6. The predicted octanol–water partition coefficient (Wildman–Crippen LogP) is 2.35. The van der Waals surface area contributed by atoms with Crippen LogP contribution in [0, 0.1) is 0 Å². The van der Waals surface area contributed by atoms with Crippen LogP contribution in [0.2, 0.25) is 0 Å². The largest absolute Gasteiger partial charge is 0.388 e. The van der Waals surface area contributed by atoms with Crippen LogP contribution in [0.1, 0.15) is 38.7 Å². The Kier molecular flexibility index (Phi) is 6.69. The Morgan fingerprint density at radius 2 is 1.76 bits per heavy atom. The fourth-order valence-electron chi connectivity index (χ4n) is 2.07. The van der Waals surface area contributed by atoms with Crippen LogP contribution >= 0.6 is 0 Å². The lowest BCUT2D eigenvalue weighted by atomic mass is 9.97. The maximum atomic E-state index is 11.8. The number of hydrogen-bond donors (Lipinski definition) is 2. The van der Waals surface area contributed by atoms with Crippen molar-refractivity contribution in [1.29, 1.82) is 0 Å². The van der Waals surface area contributed by atoms with Crippen LogP contribution in [-0.4, -0.2) is 37.3 Å². The molecular weight excluding hydrogens is 264 g/mol. The Bertz CT molecular complexity index is 437. The molecule has 0 fully saturated rings.